The average molecular weight is 515 g/mol. The van der Waals surface area contributed by atoms with E-state index in [1.807, 2.05) is 20.8 Å². The van der Waals surface area contributed by atoms with E-state index in [4.69, 9.17) is 0 Å². The number of Topliss-reactive ketones (excluding diaryl/α,β-unsaturated/α-hetero) is 2. The Bertz CT molecular complexity index is 1260. The van der Waals surface area contributed by atoms with Crippen molar-refractivity contribution in [2.45, 2.75) is 51.4 Å². The van der Waals surface area contributed by atoms with E-state index in [9.17, 15) is 39.9 Å². The number of ketones is 2. The minimum absolute atomic E-state index is 0.00786. The maximum Gasteiger partial charge on any atom is 0.258 e. The molecule has 0 saturated heterocycles. The standard InChI is InChI=1S/C27H34N2O8/c1-11-12-8-7-9-13(30)15(12)20(31)16-14(11)21(32)18-19(29(5)6)22(33)17(24(35)27(18,37)23(16)34)25(36)28-10-26(2,3)4/h7-9,11,14,18-19,21,30-32,35,37H,10H2,1-6H3,(H,28,36)/t11-,14+,18+,19-,21-,27-/m0/s1. The van der Waals surface area contributed by atoms with Gasteiger partial charge in [-0.1, -0.05) is 39.8 Å². The number of carbonyl (C=O) groups excluding carboxylic acids is 3. The van der Waals surface area contributed by atoms with Crippen molar-refractivity contribution in [1.82, 2.24) is 10.2 Å². The molecular weight excluding hydrogens is 480 g/mol. The molecule has 3 aliphatic rings. The number of aromatic hydroxyl groups is 1. The molecule has 1 amide bonds. The van der Waals surface area contributed by atoms with Gasteiger partial charge in [0.2, 0.25) is 5.78 Å². The predicted octanol–water partition coefficient (Wildman–Crippen LogP) is 1.17. The van der Waals surface area contributed by atoms with Crippen molar-refractivity contribution >= 4 is 23.2 Å². The molecule has 6 atom stereocenters. The molecule has 200 valence electrons. The number of nitrogens with zero attached hydrogens (tertiary/aromatic N) is 1. The molecule has 37 heavy (non-hydrogen) atoms. The summed E-state index contributed by atoms with van der Waals surface area (Å²) in [6.07, 6.45) is -1.58. The molecule has 0 aromatic heterocycles. The number of hydrogen-bond donors (Lipinski definition) is 6. The number of phenolic OH excluding ortho intramolecular Hbond substituents is 1. The Hall–Kier alpha value is -3.21. The van der Waals surface area contributed by atoms with Gasteiger partial charge in [0.05, 0.1) is 23.6 Å². The van der Waals surface area contributed by atoms with Crippen LogP contribution in [0.1, 0.15) is 44.7 Å². The van der Waals surface area contributed by atoms with Gasteiger partial charge in [0.1, 0.15) is 22.8 Å². The van der Waals surface area contributed by atoms with Crippen molar-refractivity contribution in [3.05, 3.63) is 46.2 Å². The number of aliphatic hydroxyl groups excluding tert-OH is 3. The van der Waals surface area contributed by atoms with Crippen LogP contribution in [0, 0.1) is 17.3 Å². The van der Waals surface area contributed by atoms with E-state index >= 15 is 0 Å². The molecule has 0 spiro atoms. The minimum atomic E-state index is -2.88. The fourth-order valence-corrected chi connectivity index (χ4v) is 5.99. The lowest BCUT2D eigenvalue weighted by Gasteiger charge is -2.53. The summed E-state index contributed by atoms with van der Waals surface area (Å²) in [5.74, 6) is -8.21. The fraction of sp³-hybridized carbons (Fsp3) is 0.519. The average Bonchev–Trinajstić information content (AvgIpc) is 2.79. The molecule has 0 heterocycles. The molecule has 0 radical (unpaired) electrons. The Kier molecular flexibility index (Phi) is 6.30. The molecule has 6 N–H and O–H groups in total. The molecule has 0 unspecified atom stereocenters. The number of fused-ring (bicyclic) bond motifs is 3. The Labute approximate surface area is 214 Å². The van der Waals surface area contributed by atoms with Crippen molar-refractivity contribution in [2.24, 2.45) is 17.3 Å². The van der Waals surface area contributed by atoms with E-state index in [1.165, 1.54) is 25.1 Å². The van der Waals surface area contributed by atoms with Crippen LogP contribution in [-0.4, -0.2) is 86.3 Å². The molecule has 4 rings (SSSR count). The van der Waals surface area contributed by atoms with Gasteiger partial charge >= 0.3 is 0 Å². The maximum absolute atomic E-state index is 14.0. The van der Waals surface area contributed by atoms with Crippen molar-refractivity contribution < 1.29 is 39.9 Å². The van der Waals surface area contributed by atoms with Crippen molar-refractivity contribution in [2.75, 3.05) is 20.6 Å². The summed E-state index contributed by atoms with van der Waals surface area (Å²) in [6, 6.07) is 3.21. The van der Waals surface area contributed by atoms with Crippen LogP contribution in [0.25, 0.3) is 5.76 Å². The summed E-state index contributed by atoms with van der Waals surface area (Å²) in [6.45, 7) is 7.40. The summed E-state index contributed by atoms with van der Waals surface area (Å²) < 4.78 is 0. The van der Waals surface area contributed by atoms with Crippen LogP contribution in [0.3, 0.4) is 0 Å². The van der Waals surface area contributed by atoms with E-state index in [0.29, 0.717) is 5.56 Å². The first-order chi connectivity index (χ1) is 17.1. The molecule has 1 saturated carbocycles. The number of phenols is 1. The Morgan fingerprint density at radius 3 is 2.32 bits per heavy atom. The number of benzene rings is 1. The van der Waals surface area contributed by atoms with Gasteiger partial charge in [0.15, 0.2) is 11.4 Å². The molecular formula is C27H34N2O8. The first-order valence-corrected chi connectivity index (χ1v) is 12.2. The number of aliphatic hydroxyl groups is 4. The summed E-state index contributed by atoms with van der Waals surface area (Å²) in [5.41, 5.74) is -3.91. The van der Waals surface area contributed by atoms with Crippen LogP contribution in [0.4, 0.5) is 0 Å². The summed E-state index contributed by atoms with van der Waals surface area (Å²) in [5, 5.41) is 58.8. The molecule has 10 heteroatoms. The normalized spacial score (nSPS) is 31.8. The second kappa shape index (κ2) is 8.68. The first-order valence-electron chi connectivity index (χ1n) is 12.2. The highest BCUT2D eigenvalue weighted by molar-refractivity contribution is 6.25. The Morgan fingerprint density at radius 1 is 1.14 bits per heavy atom. The highest BCUT2D eigenvalue weighted by Gasteiger charge is 2.68. The monoisotopic (exact) mass is 514 g/mol. The zero-order valence-corrected chi connectivity index (χ0v) is 21.7. The first kappa shape index (κ1) is 26.8. The van der Waals surface area contributed by atoms with Crippen molar-refractivity contribution in [3.8, 4) is 5.75 Å². The van der Waals surface area contributed by atoms with E-state index in [0.717, 1.165) is 0 Å². The van der Waals surface area contributed by atoms with Gasteiger partial charge in [0, 0.05) is 18.0 Å². The van der Waals surface area contributed by atoms with Crippen LogP contribution in [0.5, 0.6) is 5.75 Å². The summed E-state index contributed by atoms with van der Waals surface area (Å²) >= 11 is 0. The van der Waals surface area contributed by atoms with E-state index in [-0.39, 0.29) is 28.8 Å². The van der Waals surface area contributed by atoms with Gasteiger partial charge in [-0.15, -0.1) is 0 Å². The third-order valence-corrected chi connectivity index (χ3v) is 7.75. The lowest BCUT2D eigenvalue weighted by Crippen LogP contribution is -2.70. The van der Waals surface area contributed by atoms with Gasteiger partial charge in [-0.3, -0.25) is 19.3 Å². The van der Waals surface area contributed by atoms with E-state index in [1.54, 1.807) is 19.1 Å². The van der Waals surface area contributed by atoms with Gasteiger partial charge in [-0.2, -0.15) is 0 Å². The molecule has 1 aromatic carbocycles. The number of carbonyl (C=O) groups is 3. The van der Waals surface area contributed by atoms with E-state index < -0.39 is 70.1 Å². The van der Waals surface area contributed by atoms with Crippen LogP contribution < -0.4 is 5.32 Å². The van der Waals surface area contributed by atoms with Crippen LogP contribution in [0.15, 0.2) is 35.1 Å². The Morgan fingerprint density at radius 2 is 1.76 bits per heavy atom. The van der Waals surface area contributed by atoms with Gasteiger partial charge in [-0.25, -0.2) is 0 Å². The number of likely N-dealkylation sites (N-methyl/N-ethyl adjacent to an activating group) is 1. The molecule has 3 aliphatic carbocycles. The Balaban J connectivity index is 1.96. The quantitative estimate of drug-likeness (QED) is 0.324. The second-order valence-electron chi connectivity index (χ2n) is 11.7. The summed E-state index contributed by atoms with van der Waals surface area (Å²) in [4.78, 5) is 42.1. The highest BCUT2D eigenvalue weighted by Crippen LogP contribution is 2.56. The number of nitrogens with one attached hydrogen (secondary N) is 1. The highest BCUT2D eigenvalue weighted by atomic mass is 16.4. The fourth-order valence-electron chi connectivity index (χ4n) is 5.99. The SMILES string of the molecule is C[C@H]1c2cccc(O)c2C(O)=C2C(=O)[C@]3(O)C(O)=C(C(=O)NCC(C)(C)C)C(=O)[C@@H](N(C)C)[C@@H]3[C@@H](O)[C@@H]21. The van der Waals surface area contributed by atoms with Crippen LogP contribution in [-0.2, 0) is 14.4 Å². The van der Waals surface area contributed by atoms with Crippen molar-refractivity contribution in [1.29, 1.82) is 0 Å². The zero-order chi connectivity index (χ0) is 27.8. The van der Waals surface area contributed by atoms with E-state index in [2.05, 4.69) is 5.32 Å². The van der Waals surface area contributed by atoms with Gasteiger partial charge < -0.3 is 30.8 Å². The third-order valence-electron chi connectivity index (χ3n) is 7.75. The van der Waals surface area contributed by atoms with Crippen LogP contribution >= 0.6 is 0 Å². The summed E-state index contributed by atoms with van der Waals surface area (Å²) in [7, 11) is 3.02. The minimum Gasteiger partial charge on any atom is -0.508 e. The van der Waals surface area contributed by atoms with Gasteiger partial charge in [-0.05, 0) is 37.1 Å². The third kappa shape index (κ3) is 3.77. The lowest BCUT2D eigenvalue weighted by atomic mass is 9.54. The predicted molar refractivity (Wildman–Crippen MR) is 134 cm³/mol. The smallest absolute Gasteiger partial charge is 0.258 e. The van der Waals surface area contributed by atoms with Crippen molar-refractivity contribution in [3.63, 3.8) is 0 Å². The van der Waals surface area contributed by atoms with Gasteiger partial charge in [0.25, 0.3) is 5.91 Å². The molecule has 10 nitrogen and oxygen atoms in total. The lowest BCUT2D eigenvalue weighted by molar-refractivity contribution is -0.169. The maximum atomic E-state index is 14.0. The second-order valence-corrected chi connectivity index (χ2v) is 11.7. The number of rotatable bonds is 3. The molecule has 0 bridgehead atoms. The number of hydrogen-bond acceptors (Lipinski definition) is 9. The zero-order valence-electron chi connectivity index (χ0n) is 21.7. The molecule has 0 aliphatic heterocycles. The largest absolute Gasteiger partial charge is 0.508 e. The van der Waals surface area contributed by atoms with Crippen LogP contribution in [0.2, 0.25) is 0 Å². The molecule has 1 aromatic rings. The number of amides is 1. The molecule has 1 fully saturated rings. The topological polar surface area (TPSA) is 168 Å².